The number of nitrogens with one attached hydrogen (secondary N) is 2. The molecule has 3 rings (SSSR count). The third-order valence-electron chi connectivity index (χ3n) is 6.60. The second-order valence-corrected chi connectivity index (χ2v) is 9.60. The van der Waals surface area contributed by atoms with Gasteiger partial charge in [-0.15, -0.1) is 0 Å². The van der Waals surface area contributed by atoms with Crippen molar-refractivity contribution in [1.29, 1.82) is 0 Å². The average Bonchev–Trinajstić information content (AvgIpc) is 3.38. The summed E-state index contributed by atoms with van der Waals surface area (Å²) in [4.78, 5) is 69.0. The summed E-state index contributed by atoms with van der Waals surface area (Å²) in [6, 6.07) is 2.38. The van der Waals surface area contributed by atoms with Gasteiger partial charge in [0.05, 0.1) is 12.6 Å². The van der Waals surface area contributed by atoms with E-state index in [0.29, 0.717) is 32.2 Å². The van der Waals surface area contributed by atoms with Crippen molar-refractivity contribution < 1.29 is 28.7 Å². The van der Waals surface area contributed by atoms with E-state index in [2.05, 4.69) is 15.6 Å². The van der Waals surface area contributed by atoms with E-state index in [-0.39, 0.29) is 31.4 Å². The van der Waals surface area contributed by atoms with Gasteiger partial charge in [0.1, 0.15) is 24.5 Å². The molecule has 3 amide bonds. The fraction of sp³-hybridized carbons (Fsp3) is 0.600. The van der Waals surface area contributed by atoms with Crippen molar-refractivity contribution in [2.45, 2.75) is 70.2 Å². The molecule has 0 spiro atoms. The van der Waals surface area contributed by atoms with Crippen LogP contribution in [0, 0.1) is 0 Å². The number of hydrogen-bond donors (Lipinski definition) is 2. The van der Waals surface area contributed by atoms with Crippen molar-refractivity contribution in [3.8, 4) is 0 Å². The lowest BCUT2D eigenvalue weighted by atomic mass is 9.99. The molecule has 2 saturated heterocycles. The number of aromatic nitrogens is 1. The Kier molecular flexibility index (Phi) is 9.51. The molecule has 0 bridgehead atoms. The van der Waals surface area contributed by atoms with Crippen LogP contribution in [0.5, 0.6) is 0 Å². The van der Waals surface area contributed by atoms with E-state index >= 15 is 0 Å². The van der Waals surface area contributed by atoms with Crippen LogP contribution in [-0.2, 0) is 30.5 Å². The highest BCUT2D eigenvalue weighted by Gasteiger charge is 2.37. The summed E-state index contributed by atoms with van der Waals surface area (Å²) in [7, 11) is 0. The summed E-state index contributed by atoms with van der Waals surface area (Å²) < 4.78 is 5.39. The number of aldehydes is 1. The summed E-state index contributed by atoms with van der Waals surface area (Å²) in [5, 5.41) is 5.67. The van der Waals surface area contributed by atoms with E-state index in [9.17, 15) is 24.0 Å². The standard InChI is InChI=1S/C25H35N5O6/c1-18(32)20-9-6-12-29(20)22(33)14-27-16-25(2,17-31)28-23(34)21-8-3-4-11-30(21)24(35)36-15-19-7-5-10-26-13-19/h5,7,10,13,17,20-21,27H,3-4,6,8-9,11-12,14-16H2,1-2H3,(H,28,34)/t20-,21-,25+/m0/s1. The van der Waals surface area contributed by atoms with Gasteiger partial charge in [0.2, 0.25) is 11.8 Å². The molecule has 36 heavy (non-hydrogen) atoms. The average molecular weight is 502 g/mol. The lowest BCUT2D eigenvalue weighted by molar-refractivity contribution is -0.136. The molecule has 0 saturated carbocycles. The number of rotatable bonds is 10. The fourth-order valence-electron chi connectivity index (χ4n) is 4.63. The molecule has 2 N–H and O–H groups in total. The lowest BCUT2D eigenvalue weighted by Gasteiger charge is -2.36. The van der Waals surface area contributed by atoms with Crippen LogP contribution >= 0.6 is 0 Å². The molecule has 0 aliphatic carbocycles. The van der Waals surface area contributed by atoms with Crippen molar-refractivity contribution >= 4 is 30.0 Å². The predicted molar refractivity (Wildman–Crippen MR) is 130 cm³/mol. The number of hydrogen-bond acceptors (Lipinski definition) is 8. The monoisotopic (exact) mass is 501 g/mol. The van der Waals surface area contributed by atoms with E-state index in [1.54, 1.807) is 36.4 Å². The molecule has 11 heteroatoms. The summed E-state index contributed by atoms with van der Waals surface area (Å²) >= 11 is 0. The number of carbonyl (C=O) groups is 5. The summed E-state index contributed by atoms with van der Waals surface area (Å²) in [5.74, 6) is -0.712. The van der Waals surface area contributed by atoms with Gasteiger partial charge in [0.25, 0.3) is 0 Å². The molecule has 3 heterocycles. The highest BCUT2D eigenvalue weighted by atomic mass is 16.6. The van der Waals surface area contributed by atoms with Crippen molar-refractivity contribution in [2.24, 2.45) is 0 Å². The molecular formula is C25H35N5O6. The minimum atomic E-state index is -1.29. The van der Waals surface area contributed by atoms with Crippen molar-refractivity contribution in [1.82, 2.24) is 25.4 Å². The van der Waals surface area contributed by atoms with Gasteiger partial charge >= 0.3 is 6.09 Å². The number of ether oxygens (including phenoxy) is 1. The van der Waals surface area contributed by atoms with Gasteiger partial charge in [-0.2, -0.15) is 0 Å². The number of amides is 3. The maximum Gasteiger partial charge on any atom is 0.410 e. The molecule has 196 valence electrons. The zero-order valence-electron chi connectivity index (χ0n) is 20.9. The molecule has 3 atom stereocenters. The van der Waals surface area contributed by atoms with Gasteiger partial charge in [-0.25, -0.2) is 4.79 Å². The Labute approximate surface area is 210 Å². The summed E-state index contributed by atoms with van der Waals surface area (Å²) in [6.45, 7) is 3.94. The Morgan fingerprint density at radius 1 is 1.14 bits per heavy atom. The summed E-state index contributed by atoms with van der Waals surface area (Å²) in [5.41, 5.74) is -0.549. The number of pyridine rings is 1. The van der Waals surface area contributed by atoms with E-state index < -0.39 is 29.6 Å². The third kappa shape index (κ3) is 7.09. The van der Waals surface area contributed by atoms with Crippen LogP contribution < -0.4 is 10.6 Å². The molecule has 2 aliphatic heterocycles. The second-order valence-electron chi connectivity index (χ2n) is 9.60. The Morgan fingerprint density at radius 3 is 2.58 bits per heavy atom. The molecule has 1 aromatic heterocycles. The highest BCUT2D eigenvalue weighted by Crippen LogP contribution is 2.20. The molecule has 1 aromatic rings. The van der Waals surface area contributed by atoms with Gasteiger partial charge < -0.3 is 25.1 Å². The minimum absolute atomic E-state index is 0.0186. The molecule has 11 nitrogen and oxygen atoms in total. The Morgan fingerprint density at radius 2 is 1.89 bits per heavy atom. The maximum absolute atomic E-state index is 13.1. The Balaban J connectivity index is 1.53. The normalized spacial score (nSPS) is 21.4. The first-order chi connectivity index (χ1) is 17.2. The first-order valence-corrected chi connectivity index (χ1v) is 12.4. The molecule has 0 aromatic carbocycles. The van der Waals surface area contributed by atoms with Crippen LogP contribution in [0.25, 0.3) is 0 Å². The maximum atomic E-state index is 13.1. The summed E-state index contributed by atoms with van der Waals surface area (Å²) in [6.07, 6.45) is 6.65. The van der Waals surface area contributed by atoms with Crippen LogP contribution in [0.4, 0.5) is 4.79 Å². The number of likely N-dealkylation sites (tertiary alicyclic amines) is 2. The number of piperidine rings is 1. The quantitative estimate of drug-likeness (QED) is 0.450. The topological polar surface area (TPSA) is 138 Å². The molecule has 0 unspecified atom stereocenters. The Bertz CT molecular complexity index is 958. The smallest absolute Gasteiger partial charge is 0.410 e. The third-order valence-corrected chi connectivity index (χ3v) is 6.60. The zero-order valence-corrected chi connectivity index (χ0v) is 20.9. The lowest BCUT2D eigenvalue weighted by Crippen LogP contribution is -2.60. The number of nitrogens with zero attached hydrogens (tertiary/aromatic N) is 3. The number of Topliss-reactive ketones (excluding diaryl/α,β-unsaturated/α-hetero) is 1. The van der Waals surface area contributed by atoms with Crippen LogP contribution in [0.3, 0.4) is 0 Å². The van der Waals surface area contributed by atoms with Gasteiger partial charge in [-0.05, 0) is 52.0 Å². The van der Waals surface area contributed by atoms with Crippen molar-refractivity contribution in [2.75, 3.05) is 26.2 Å². The van der Waals surface area contributed by atoms with E-state index in [0.717, 1.165) is 24.8 Å². The van der Waals surface area contributed by atoms with E-state index in [1.807, 2.05) is 0 Å². The first kappa shape index (κ1) is 27.3. The highest BCUT2D eigenvalue weighted by molar-refractivity contribution is 5.90. The number of carbonyl (C=O) groups excluding carboxylic acids is 5. The van der Waals surface area contributed by atoms with Gasteiger partial charge in [0, 0.05) is 37.6 Å². The second kappa shape index (κ2) is 12.6. The molecule has 2 fully saturated rings. The zero-order chi connectivity index (χ0) is 26.1. The van der Waals surface area contributed by atoms with Crippen LogP contribution in [0.2, 0.25) is 0 Å². The minimum Gasteiger partial charge on any atom is -0.444 e. The number of ketones is 1. The van der Waals surface area contributed by atoms with Crippen LogP contribution in [0.1, 0.15) is 51.5 Å². The van der Waals surface area contributed by atoms with E-state index in [4.69, 9.17) is 4.74 Å². The SMILES string of the molecule is CC(=O)[C@@H]1CCCN1C(=O)CNC[C@](C)(C=O)NC(=O)[C@@H]1CCCCN1C(=O)OCc1cccnc1. The van der Waals surface area contributed by atoms with Gasteiger partial charge in [-0.3, -0.25) is 24.3 Å². The predicted octanol–water partition coefficient (Wildman–Crippen LogP) is 0.816. The van der Waals surface area contributed by atoms with Gasteiger partial charge in [-0.1, -0.05) is 6.07 Å². The molecule has 0 radical (unpaired) electrons. The fourth-order valence-corrected chi connectivity index (χ4v) is 4.63. The van der Waals surface area contributed by atoms with Crippen molar-refractivity contribution in [3.05, 3.63) is 30.1 Å². The van der Waals surface area contributed by atoms with E-state index in [1.165, 1.54) is 11.8 Å². The van der Waals surface area contributed by atoms with Crippen molar-refractivity contribution in [3.63, 3.8) is 0 Å². The first-order valence-electron chi connectivity index (χ1n) is 12.4. The van der Waals surface area contributed by atoms with Crippen LogP contribution in [-0.4, -0.2) is 88.6 Å². The molecular weight excluding hydrogens is 466 g/mol. The Hall–Kier alpha value is -3.34. The van der Waals surface area contributed by atoms with Crippen LogP contribution in [0.15, 0.2) is 24.5 Å². The van der Waals surface area contributed by atoms with Gasteiger partial charge in [0.15, 0.2) is 5.78 Å². The molecule has 2 aliphatic rings. The largest absolute Gasteiger partial charge is 0.444 e.